The quantitative estimate of drug-likeness (QED) is 0.360. The maximum absolute atomic E-state index is 5.01. The predicted molar refractivity (Wildman–Crippen MR) is 39.8 cm³/mol. The van der Waals surface area contributed by atoms with Crippen LogP contribution in [-0.2, 0) is 4.74 Å². The van der Waals surface area contributed by atoms with Gasteiger partial charge in [-0.1, -0.05) is 20.8 Å². The molecule has 0 aromatic rings. The summed E-state index contributed by atoms with van der Waals surface area (Å²) >= 11 is 0. The Morgan fingerprint density at radius 3 is 1.78 bits per heavy atom. The summed E-state index contributed by atoms with van der Waals surface area (Å²) in [5, 5.41) is 0. The van der Waals surface area contributed by atoms with E-state index in [1.165, 1.54) is 0 Å². The Hall–Kier alpha value is -0.530. The minimum atomic E-state index is 0.0451. The van der Waals surface area contributed by atoms with Crippen molar-refractivity contribution in [2.75, 3.05) is 14.2 Å². The van der Waals surface area contributed by atoms with Crippen LogP contribution in [0.1, 0.15) is 20.8 Å². The maximum atomic E-state index is 5.01. The number of methoxy groups -OCH3 is 1. The normalized spacial score (nSPS) is 13.7. The molecule has 0 fully saturated rings. The zero-order chi connectivity index (χ0) is 7.49. The van der Waals surface area contributed by atoms with Crippen molar-refractivity contribution in [2.24, 2.45) is 10.4 Å². The highest BCUT2D eigenvalue weighted by molar-refractivity contribution is 5.81. The predicted octanol–water partition coefficient (Wildman–Crippen LogP) is 1.71. The van der Waals surface area contributed by atoms with E-state index in [-0.39, 0.29) is 5.41 Å². The lowest BCUT2D eigenvalue weighted by Crippen LogP contribution is -2.21. The summed E-state index contributed by atoms with van der Waals surface area (Å²) in [6.45, 7) is 6.20. The molecule has 0 N–H and O–H groups in total. The van der Waals surface area contributed by atoms with Crippen molar-refractivity contribution in [1.29, 1.82) is 0 Å². The van der Waals surface area contributed by atoms with Crippen LogP contribution in [0.25, 0.3) is 0 Å². The summed E-state index contributed by atoms with van der Waals surface area (Å²) < 4.78 is 5.01. The van der Waals surface area contributed by atoms with Crippen LogP contribution in [0.2, 0.25) is 0 Å². The maximum Gasteiger partial charge on any atom is 0.188 e. The highest BCUT2D eigenvalue weighted by Gasteiger charge is 2.18. The molecule has 0 aliphatic carbocycles. The smallest absolute Gasteiger partial charge is 0.188 e. The number of nitrogens with zero attached hydrogens (tertiary/aromatic N) is 1. The molecule has 0 atom stereocenters. The van der Waals surface area contributed by atoms with Crippen LogP contribution in [0.3, 0.4) is 0 Å². The number of hydrogen-bond acceptors (Lipinski definition) is 2. The average Bonchev–Trinajstić information content (AvgIpc) is 1.65. The number of hydrogen-bond donors (Lipinski definition) is 0. The summed E-state index contributed by atoms with van der Waals surface area (Å²) in [7, 11) is 3.39. The summed E-state index contributed by atoms with van der Waals surface area (Å²) in [6.07, 6.45) is 0. The monoisotopic (exact) mass is 129 g/mol. The van der Waals surface area contributed by atoms with Crippen LogP contribution in [0, 0.1) is 5.41 Å². The zero-order valence-corrected chi connectivity index (χ0v) is 6.86. The van der Waals surface area contributed by atoms with E-state index in [1.54, 1.807) is 14.2 Å². The van der Waals surface area contributed by atoms with E-state index in [4.69, 9.17) is 4.74 Å². The third-order valence-electron chi connectivity index (χ3n) is 1.04. The van der Waals surface area contributed by atoms with Gasteiger partial charge in [0.15, 0.2) is 5.90 Å². The van der Waals surface area contributed by atoms with Crippen molar-refractivity contribution in [3.05, 3.63) is 0 Å². The van der Waals surface area contributed by atoms with Gasteiger partial charge in [0.05, 0.1) is 7.11 Å². The van der Waals surface area contributed by atoms with E-state index in [0.29, 0.717) is 0 Å². The molecule has 0 aromatic heterocycles. The minimum absolute atomic E-state index is 0.0451. The third kappa shape index (κ3) is 2.49. The fourth-order valence-corrected chi connectivity index (χ4v) is 0.733. The molecule has 0 amide bonds. The Kier molecular flexibility index (Phi) is 2.68. The second-order valence-corrected chi connectivity index (χ2v) is 2.98. The molecule has 0 saturated carbocycles. The van der Waals surface area contributed by atoms with Gasteiger partial charge < -0.3 is 4.74 Å². The molecule has 2 heteroatoms. The van der Waals surface area contributed by atoms with Gasteiger partial charge in [0.2, 0.25) is 0 Å². The SMILES string of the molecule is C/N=C(\OC)C(C)(C)C. The molecule has 9 heavy (non-hydrogen) atoms. The van der Waals surface area contributed by atoms with E-state index >= 15 is 0 Å². The van der Waals surface area contributed by atoms with Gasteiger partial charge in [-0.2, -0.15) is 0 Å². The van der Waals surface area contributed by atoms with Crippen molar-refractivity contribution in [2.45, 2.75) is 20.8 Å². The molecule has 0 bridgehead atoms. The molecule has 0 radical (unpaired) electrons. The molecule has 0 heterocycles. The van der Waals surface area contributed by atoms with Crippen LogP contribution in [0.5, 0.6) is 0 Å². The first-order valence-electron chi connectivity index (χ1n) is 3.03. The highest BCUT2D eigenvalue weighted by atomic mass is 16.5. The van der Waals surface area contributed by atoms with Gasteiger partial charge in [0, 0.05) is 12.5 Å². The fourth-order valence-electron chi connectivity index (χ4n) is 0.733. The Bertz CT molecular complexity index is 111. The van der Waals surface area contributed by atoms with Gasteiger partial charge >= 0.3 is 0 Å². The number of rotatable bonds is 0. The van der Waals surface area contributed by atoms with E-state index in [9.17, 15) is 0 Å². The average molecular weight is 129 g/mol. The molecular weight excluding hydrogens is 114 g/mol. The van der Waals surface area contributed by atoms with Crippen LogP contribution in [0.4, 0.5) is 0 Å². The lowest BCUT2D eigenvalue weighted by molar-refractivity contribution is 0.336. The van der Waals surface area contributed by atoms with Gasteiger partial charge in [0.1, 0.15) is 0 Å². The van der Waals surface area contributed by atoms with E-state index < -0.39 is 0 Å². The Labute approximate surface area is 56.9 Å². The van der Waals surface area contributed by atoms with Crippen molar-refractivity contribution >= 4 is 5.90 Å². The molecule has 0 rings (SSSR count). The fraction of sp³-hybridized carbons (Fsp3) is 0.857. The van der Waals surface area contributed by atoms with Gasteiger partial charge in [0.25, 0.3) is 0 Å². The first kappa shape index (κ1) is 8.47. The lowest BCUT2D eigenvalue weighted by atomic mass is 9.97. The van der Waals surface area contributed by atoms with Gasteiger partial charge in [-0.05, 0) is 0 Å². The largest absolute Gasteiger partial charge is 0.484 e. The minimum Gasteiger partial charge on any atom is -0.484 e. The molecule has 0 aromatic carbocycles. The van der Waals surface area contributed by atoms with Crippen molar-refractivity contribution in [1.82, 2.24) is 0 Å². The zero-order valence-electron chi connectivity index (χ0n) is 6.86. The molecule has 0 aliphatic heterocycles. The molecule has 2 nitrogen and oxygen atoms in total. The molecule has 0 aliphatic rings. The van der Waals surface area contributed by atoms with Gasteiger partial charge in [-0.15, -0.1) is 0 Å². The second kappa shape index (κ2) is 2.85. The first-order valence-corrected chi connectivity index (χ1v) is 3.03. The molecular formula is C7H15NO. The van der Waals surface area contributed by atoms with Crippen LogP contribution in [0.15, 0.2) is 4.99 Å². The lowest BCUT2D eigenvalue weighted by Gasteiger charge is -2.18. The van der Waals surface area contributed by atoms with Crippen molar-refractivity contribution in [3.8, 4) is 0 Å². The topological polar surface area (TPSA) is 21.6 Å². The highest BCUT2D eigenvalue weighted by Crippen LogP contribution is 2.15. The van der Waals surface area contributed by atoms with E-state index in [2.05, 4.69) is 25.8 Å². The van der Waals surface area contributed by atoms with Crippen LogP contribution < -0.4 is 0 Å². The summed E-state index contributed by atoms with van der Waals surface area (Å²) in [5.74, 6) is 0.794. The van der Waals surface area contributed by atoms with Crippen LogP contribution >= 0.6 is 0 Å². The van der Waals surface area contributed by atoms with Gasteiger partial charge in [-0.3, -0.25) is 4.99 Å². The summed E-state index contributed by atoms with van der Waals surface area (Å²) in [6, 6.07) is 0. The Morgan fingerprint density at radius 1 is 1.33 bits per heavy atom. The van der Waals surface area contributed by atoms with E-state index in [0.717, 1.165) is 5.90 Å². The first-order chi connectivity index (χ1) is 4.02. The van der Waals surface area contributed by atoms with E-state index in [1.807, 2.05) is 0 Å². The van der Waals surface area contributed by atoms with Crippen molar-refractivity contribution < 1.29 is 4.74 Å². The molecule has 0 spiro atoms. The second-order valence-electron chi connectivity index (χ2n) is 2.98. The number of ether oxygens (including phenoxy) is 1. The third-order valence-corrected chi connectivity index (χ3v) is 1.04. The summed E-state index contributed by atoms with van der Waals surface area (Å²) in [5.41, 5.74) is 0.0451. The van der Waals surface area contributed by atoms with Gasteiger partial charge in [-0.25, -0.2) is 0 Å². The number of aliphatic imine (C=N–C) groups is 1. The molecule has 0 saturated heterocycles. The standard InChI is InChI=1S/C7H15NO/c1-7(2,3)6(8-4)9-5/h1-5H3/b8-6-. The summed E-state index contributed by atoms with van der Waals surface area (Å²) in [4.78, 5) is 3.97. The van der Waals surface area contributed by atoms with Crippen molar-refractivity contribution in [3.63, 3.8) is 0 Å². The van der Waals surface area contributed by atoms with Crippen LogP contribution in [-0.4, -0.2) is 20.1 Å². The Morgan fingerprint density at radius 2 is 1.78 bits per heavy atom. The molecule has 0 unspecified atom stereocenters. The molecule has 54 valence electrons. The Balaban J connectivity index is 4.14.